The molecule has 1 fully saturated rings. The monoisotopic (exact) mass is 593 g/mol. The minimum atomic E-state index is -4.46. The Hall–Kier alpha value is -3.09. The van der Waals surface area contributed by atoms with Gasteiger partial charge in [-0.2, -0.15) is 0 Å². The van der Waals surface area contributed by atoms with Gasteiger partial charge in [0, 0.05) is 29.2 Å². The number of anilines is 2. The zero-order valence-corrected chi connectivity index (χ0v) is 22.9. The van der Waals surface area contributed by atoms with Crippen LogP contribution in [0.4, 0.5) is 20.4 Å². The second kappa shape index (κ2) is 10.8. The van der Waals surface area contributed by atoms with Crippen LogP contribution < -0.4 is 10.0 Å². The average Bonchev–Trinajstić information content (AvgIpc) is 3.31. The third-order valence-electron chi connectivity index (χ3n) is 6.47. The Morgan fingerprint density at radius 1 is 1.15 bits per heavy atom. The topological polar surface area (TPSA) is 107 Å². The summed E-state index contributed by atoms with van der Waals surface area (Å²) in [7, 11) is -2.41. The van der Waals surface area contributed by atoms with E-state index in [4.69, 9.17) is 23.2 Å². The molecule has 4 aromatic rings. The van der Waals surface area contributed by atoms with E-state index in [1.54, 1.807) is 12.3 Å². The van der Waals surface area contributed by atoms with E-state index in [-0.39, 0.29) is 27.2 Å². The highest BCUT2D eigenvalue weighted by Crippen LogP contribution is 2.35. The number of likely N-dealkylation sites (N-methyl/N-ethyl adjacent to an activating group) is 1. The molecule has 8 nitrogen and oxygen atoms in total. The zero-order chi connectivity index (χ0) is 27.9. The van der Waals surface area contributed by atoms with Crippen molar-refractivity contribution < 1.29 is 22.3 Å². The van der Waals surface area contributed by atoms with Gasteiger partial charge in [0.15, 0.2) is 5.82 Å². The molecule has 204 valence electrons. The van der Waals surface area contributed by atoms with Gasteiger partial charge in [0.2, 0.25) is 5.95 Å². The standard InChI is InChI=1S/C26H23Cl2F2N5O3S/c1-35-7-6-18(12-35)32-26-31-11-15-8-14(2-4-20(15)33-26)23-19(29)3-5-21(25(23)30)34-39(37,38)22-10-17(27)9-16(13-36)24(22)28/h2-5,8-11,18,34,36H,6-7,12-13H2,1H3,(H,31,32,33). The van der Waals surface area contributed by atoms with E-state index in [2.05, 4.69) is 24.9 Å². The van der Waals surface area contributed by atoms with E-state index in [0.717, 1.165) is 37.7 Å². The van der Waals surface area contributed by atoms with Crippen LogP contribution in [0.25, 0.3) is 22.0 Å². The third-order valence-corrected chi connectivity index (χ3v) is 8.63. The molecule has 1 aliphatic rings. The van der Waals surface area contributed by atoms with Crippen molar-refractivity contribution in [2.24, 2.45) is 0 Å². The molecule has 5 rings (SSSR count). The van der Waals surface area contributed by atoms with Crippen molar-refractivity contribution in [3.8, 4) is 11.1 Å². The molecule has 3 aromatic carbocycles. The molecule has 3 N–H and O–H groups in total. The fourth-order valence-corrected chi connectivity index (χ4v) is 6.50. The summed E-state index contributed by atoms with van der Waals surface area (Å²) in [4.78, 5) is 10.6. The molecule has 0 amide bonds. The first-order valence-corrected chi connectivity index (χ1v) is 14.1. The molecule has 1 atom stereocenters. The maximum absolute atomic E-state index is 15.6. The van der Waals surface area contributed by atoms with Crippen LogP contribution in [0.3, 0.4) is 0 Å². The molecule has 2 heterocycles. The van der Waals surface area contributed by atoms with E-state index in [1.165, 1.54) is 18.2 Å². The Balaban J connectivity index is 1.47. The summed E-state index contributed by atoms with van der Waals surface area (Å²) >= 11 is 12.1. The molecule has 1 aromatic heterocycles. The number of nitrogens with one attached hydrogen (secondary N) is 2. The molecule has 13 heteroatoms. The number of aliphatic hydroxyl groups excluding tert-OH is 1. The number of fused-ring (bicyclic) bond motifs is 1. The lowest BCUT2D eigenvalue weighted by molar-refractivity contribution is 0.281. The molecule has 0 bridgehead atoms. The number of benzene rings is 3. The van der Waals surface area contributed by atoms with Gasteiger partial charge in [-0.25, -0.2) is 27.2 Å². The van der Waals surface area contributed by atoms with Gasteiger partial charge in [-0.05, 0) is 67.5 Å². The second-order valence-electron chi connectivity index (χ2n) is 9.28. The first-order chi connectivity index (χ1) is 18.6. The molecule has 0 aliphatic carbocycles. The molecule has 1 aliphatic heterocycles. The molecule has 0 radical (unpaired) electrons. The lowest BCUT2D eigenvalue weighted by atomic mass is 10.0. The Kier molecular flexibility index (Phi) is 7.62. The van der Waals surface area contributed by atoms with Crippen LogP contribution in [0.15, 0.2) is 53.6 Å². The lowest BCUT2D eigenvalue weighted by Crippen LogP contribution is -2.24. The first-order valence-electron chi connectivity index (χ1n) is 11.9. The van der Waals surface area contributed by atoms with Gasteiger partial charge in [0.1, 0.15) is 10.7 Å². The highest BCUT2D eigenvalue weighted by molar-refractivity contribution is 7.92. The molecule has 0 saturated carbocycles. The molecular weight excluding hydrogens is 571 g/mol. The van der Waals surface area contributed by atoms with Gasteiger partial charge >= 0.3 is 0 Å². The van der Waals surface area contributed by atoms with E-state index >= 15 is 4.39 Å². The number of likely N-dealkylation sites (tertiary alicyclic amines) is 1. The van der Waals surface area contributed by atoms with Crippen molar-refractivity contribution >= 4 is 55.8 Å². The van der Waals surface area contributed by atoms with Crippen LogP contribution in [-0.2, 0) is 16.6 Å². The second-order valence-corrected chi connectivity index (χ2v) is 11.7. The Labute approximate surface area is 233 Å². The minimum Gasteiger partial charge on any atom is -0.392 e. The van der Waals surface area contributed by atoms with Crippen LogP contribution in [0.1, 0.15) is 12.0 Å². The summed E-state index contributed by atoms with van der Waals surface area (Å²) in [5.74, 6) is -1.54. The van der Waals surface area contributed by atoms with Crippen molar-refractivity contribution in [2.75, 3.05) is 30.2 Å². The van der Waals surface area contributed by atoms with Crippen LogP contribution in [0, 0.1) is 11.6 Å². The highest BCUT2D eigenvalue weighted by atomic mass is 35.5. The molecule has 0 spiro atoms. The summed E-state index contributed by atoms with van der Waals surface area (Å²) in [5.41, 5.74) is -0.0942. The summed E-state index contributed by atoms with van der Waals surface area (Å²) in [6.45, 7) is 1.31. The smallest absolute Gasteiger partial charge is 0.263 e. The lowest BCUT2D eigenvalue weighted by Gasteiger charge is -2.15. The maximum atomic E-state index is 15.6. The van der Waals surface area contributed by atoms with Gasteiger partial charge in [-0.15, -0.1) is 0 Å². The normalized spacial score (nSPS) is 16.1. The van der Waals surface area contributed by atoms with E-state index in [9.17, 15) is 17.9 Å². The number of aromatic nitrogens is 2. The van der Waals surface area contributed by atoms with Crippen molar-refractivity contribution in [3.63, 3.8) is 0 Å². The summed E-state index contributed by atoms with van der Waals surface area (Å²) in [6, 6.07) is 9.21. The minimum absolute atomic E-state index is 0.0106. The van der Waals surface area contributed by atoms with Crippen LogP contribution >= 0.6 is 23.2 Å². The fourth-order valence-electron chi connectivity index (χ4n) is 4.52. The van der Waals surface area contributed by atoms with Crippen molar-refractivity contribution in [3.05, 3.63) is 75.9 Å². The van der Waals surface area contributed by atoms with Gasteiger partial charge in [-0.3, -0.25) is 4.72 Å². The predicted molar refractivity (Wildman–Crippen MR) is 148 cm³/mol. The van der Waals surface area contributed by atoms with E-state index in [1.807, 2.05) is 7.05 Å². The van der Waals surface area contributed by atoms with Crippen LogP contribution in [0.5, 0.6) is 0 Å². The molecular formula is C26H23Cl2F2N5O3S. The van der Waals surface area contributed by atoms with Gasteiger partial charge in [0.05, 0.1) is 28.4 Å². The number of nitrogens with zero attached hydrogens (tertiary/aromatic N) is 3. The molecule has 1 unspecified atom stereocenters. The Bertz CT molecular complexity index is 1690. The number of sulfonamides is 1. The fraction of sp³-hybridized carbons (Fsp3) is 0.231. The number of aliphatic hydroxyl groups is 1. The summed E-state index contributed by atoms with van der Waals surface area (Å²) in [5, 5.41) is 13.1. The SMILES string of the molecule is CN1CCC(Nc2ncc3cc(-c4c(F)ccc(NS(=O)(=O)c5cc(Cl)cc(CO)c5Cl)c4F)ccc3n2)C1. The Morgan fingerprint density at radius 2 is 1.95 bits per heavy atom. The molecule has 39 heavy (non-hydrogen) atoms. The van der Waals surface area contributed by atoms with Gasteiger partial charge in [-0.1, -0.05) is 29.3 Å². The predicted octanol–water partition coefficient (Wildman–Crippen LogP) is 5.29. The number of halogens is 4. The van der Waals surface area contributed by atoms with Crippen molar-refractivity contribution in [1.82, 2.24) is 14.9 Å². The summed E-state index contributed by atoms with van der Waals surface area (Å²) in [6.07, 6.45) is 2.54. The van der Waals surface area contributed by atoms with Crippen LogP contribution in [-0.4, -0.2) is 54.6 Å². The average molecular weight is 594 g/mol. The number of hydrogen-bond acceptors (Lipinski definition) is 7. The zero-order valence-electron chi connectivity index (χ0n) is 20.6. The van der Waals surface area contributed by atoms with Crippen molar-refractivity contribution in [2.45, 2.75) is 24.0 Å². The van der Waals surface area contributed by atoms with Gasteiger partial charge in [0.25, 0.3) is 10.0 Å². The molecule has 1 saturated heterocycles. The maximum Gasteiger partial charge on any atom is 0.263 e. The van der Waals surface area contributed by atoms with Crippen LogP contribution in [0.2, 0.25) is 10.0 Å². The third kappa shape index (κ3) is 5.64. The van der Waals surface area contributed by atoms with Gasteiger partial charge < -0.3 is 15.3 Å². The first kappa shape index (κ1) is 27.5. The van der Waals surface area contributed by atoms with Crippen molar-refractivity contribution in [1.29, 1.82) is 0 Å². The van der Waals surface area contributed by atoms with E-state index < -0.39 is 44.4 Å². The van der Waals surface area contributed by atoms with E-state index in [0.29, 0.717) is 16.9 Å². The Morgan fingerprint density at radius 3 is 2.67 bits per heavy atom. The highest BCUT2D eigenvalue weighted by Gasteiger charge is 2.25. The quantitative estimate of drug-likeness (QED) is 0.267. The number of rotatable bonds is 7. The summed E-state index contributed by atoms with van der Waals surface area (Å²) < 4.78 is 58.7. The number of hydrogen-bond donors (Lipinski definition) is 3. The largest absolute Gasteiger partial charge is 0.392 e.